The summed E-state index contributed by atoms with van der Waals surface area (Å²) in [5, 5.41) is 0. The normalized spacial score (nSPS) is 39.7. The molecule has 10 heteroatoms. The van der Waals surface area contributed by atoms with Gasteiger partial charge in [0.1, 0.15) is 0 Å². The summed E-state index contributed by atoms with van der Waals surface area (Å²) in [6, 6.07) is 0.174. The molecule has 0 bridgehead atoms. The Morgan fingerprint density at radius 3 is 1.05 bits per heavy atom. The van der Waals surface area contributed by atoms with Crippen molar-refractivity contribution in [3.63, 3.8) is 0 Å². The molecule has 0 spiro atoms. The van der Waals surface area contributed by atoms with Gasteiger partial charge in [-0.3, -0.25) is 0 Å². The molecular formula is C12H22Cl6N2P2. The van der Waals surface area contributed by atoms with Crippen molar-refractivity contribution in [2.24, 2.45) is 0 Å². The van der Waals surface area contributed by atoms with Gasteiger partial charge >= 0.3 is 163 Å². The van der Waals surface area contributed by atoms with Crippen LogP contribution in [0.15, 0.2) is 0 Å². The van der Waals surface area contributed by atoms with Crippen LogP contribution in [-0.4, -0.2) is 21.0 Å². The van der Waals surface area contributed by atoms with Gasteiger partial charge in [0.25, 0.3) is 0 Å². The molecule has 2 nitrogen and oxygen atoms in total. The van der Waals surface area contributed by atoms with Crippen molar-refractivity contribution < 1.29 is 0 Å². The second-order valence-electron chi connectivity index (χ2n) is 6.69. The molecular weight excluding hydrogens is 447 g/mol. The molecule has 3 aliphatic rings. The van der Waals surface area contributed by atoms with Gasteiger partial charge in [0.05, 0.1) is 0 Å². The molecule has 0 aromatic carbocycles. The number of nitrogens with zero attached hydrogens (tertiary/aromatic N) is 2. The van der Waals surface area contributed by atoms with Crippen LogP contribution in [0.3, 0.4) is 0 Å². The molecule has 0 atom stereocenters. The minimum atomic E-state index is -3.83. The summed E-state index contributed by atoms with van der Waals surface area (Å²) in [5.74, 6) is 0. The Morgan fingerprint density at radius 1 is 0.500 bits per heavy atom. The summed E-state index contributed by atoms with van der Waals surface area (Å²) < 4.78 is 3.50. The molecule has 3 fully saturated rings. The second-order valence-corrected chi connectivity index (χ2v) is 26.6. The number of halogens is 6. The van der Waals surface area contributed by atoms with Crippen LogP contribution in [0.1, 0.15) is 64.2 Å². The van der Waals surface area contributed by atoms with Crippen LogP contribution < -0.4 is 0 Å². The zero-order chi connectivity index (χ0) is 16.3. The van der Waals surface area contributed by atoms with Crippen LogP contribution in [0.2, 0.25) is 0 Å². The third kappa shape index (κ3) is 3.05. The van der Waals surface area contributed by atoms with E-state index in [1.807, 2.05) is 0 Å². The SMILES string of the molecule is ClP1(Cl)(Cl)N(C2CCCCC2)P(Cl)(Cl)(Cl)N1C1CCCCC1. The Labute approximate surface area is 161 Å². The quantitative estimate of drug-likeness (QED) is 0.373. The van der Waals surface area contributed by atoms with Crippen LogP contribution in [0.4, 0.5) is 0 Å². The monoisotopic (exact) mass is 466 g/mol. The average Bonchev–Trinajstić information content (AvgIpc) is 2.37. The molecule has 0 aromatic heterocycles. The van der Waals surface area contributed by atoms with Gasteiger partial charge in [0.15, 0.2) is 0 Å². The number of hydrogen-bond donors (Lipinski definition) is 0. The van der Waals surface area contributed by atoms with Crippen LogP contribution in [0.5, 0.6) is 0 Å². The van der Waals surface area contributed by atoms with Gasteiger partial charge in [0, 0.05) is 0 Å². The molecule has 0 N–H and O–H groups in total. The Morgan fingerprint density at radius 2 is 0.773 bits per heavy atom. The predicted octanol–water partition coefficient (Wildman–Crippen LogP) is 8.96. The van der Waals surface area contributed by atoms with Crippen molar-refractivity contribution in [1.29, 1.82) is 0 Å². The van der Waals surface area contributed by atoms with E-state index in [9.17, 15) is 0 Å². The first-order chi connectivity index (χ1) is 10.0. The Kier molecular flexibility index (Phi) is 5.28. The van der Waals surface area contributed by atoms with E-state index in [1.165, 1.54) is 12.8 Å². The molecule has 1 heterocycles. The molecule has 3 rings (SSSR count). The standard InChI is InChI=1S/C12H22Cl6N2P2/c13-21(14,15)19(11-7-3-1-4-8-11)22(16,17,18)20(21)12-9-5-2-6-10-12/h11-12H,1-10H2. The van der Waals surface area contributed by atoms with Crippen molar-refractivity contribution in [1.82, 2.24) is 8.88 Å². The molecule has 1 saturated heterocycles. The van der Waals surface area contributed by atoms with E-state index in [0.29, 0.717) is 0 Å². The van der Waals surface area contributed by atoms with Crippen LogP contribution in [0.25, 0.3) is 0 Å². The van der Waals surface area contributed by atoms with Gasteiger partial charge in [-0.2, -0.15) is 0 Å². The zero-order valence-electron chi connectivity index (χ0n) is 12.3. The van der Waals surface area contributed by atoms with E-state index >= 15 is 0 Å². The topological polar surface area (TPSA) is 6.48 Å². The summed E-state index contributed by atoms with van der Waals surface area (Å²) in [6.07, 6.45) is 10.7. The van der Waals surface area contributed by atoms with E-state index in [4.69, 9.17) is 67.4 Å². The summed E-state index contributed by atoms with van der Waals surface area (Å²) in [4.78, 5) is -7.67. The van der Waals surface area contributed by atoms with Gasteiger partial charge in [-0.05, 0) is 0 Å². The Balaban J connectivity index is 1.94. The summed E-state index contributed by atoms with van der Waals surface area (Å²) >= 11 is 41.0. The predicted molar refractivity (Wildman–Crippen MR) is 106 cm³/mol. The first kappa shape index (κ1) is 19.3. The van der Waals surface area contributed by atoms with Gasteiger partial charge < -0.3 is 0 Å². The minimum absolute atomic E-state index is 0.0870. The summed E-state index contributed by atoms with van der Waals surface area (Å²) in [6.45, 7) is 0. The fourth-order valence-corrected chi connectivity index (χ4v) is 36.0. The Hall–Kier alpha value is 2.52. The van der Waals surface area contributed by atoms with Crippen molar-refractivity contribution >= 4 is 77.4 Å². The van der Waals surface area contributed by atoms with Gasteiger partial charge in [-0.1, -0.05) is 0 Å². The molecule has 0 radical (unpaired) electrons. The zero-order valence-corrected chi connectivity index (χ0v) is 18.6. The van der Waals surface area contributed by atoms with Crippen LogP contribution in [0, 0.1) is 0 Å². The number of rotatable bonds is 2. The van der Waals surface area contributed by atoms with E-state index in [2.05, 4.69) is 0 Å². The molecule has 0 aromatic rings. The third-order valence-corrected chi connectivity index (χ3v) is 22.8. The molecule has 0 unspecified atom stereocenters. The molecule has 22 heavy (non-hydrogen) atoms. The van der Waals surface area contributed by atoms with Crippen molar-refractivity contribution in [3.8, 4) is 0 Å². The third-order valence-electron chi connectivity index (χ3n) is 5.10. The molecule has 132 valence electrons. The first-order valence-electron chi connectivity index (χ1n) is 7.96. The number of hydrogen-bond acceptors (Lipinski definition) is 2. The Bertz CT molecular complexity index is 390. The first-order valence-corrected chi connectivity index (χ1v) is 17.7. The molecule has 1 aliphatic heterocycles. The van der Waals surface area contributed by atoms with Crippen LogP contribution in [-0.2, 0) is 0 Å². The van der Waals surface area contributed by atoms with Crippen molar-refractivity contribution in [2.75, 3.05) is 0 Å². The summed E-state index contributed by atoms with van der Waals surface area (Å²) in [7, 11) is 0. The fraction of sp³-hybridized carbons (Fsp3) is 1.00. The molecule has 2 aliphatic carbocycles. The fourth-order valence-electron chi connectivity index (χ4n) is 4.26. The molecule has 2 saturated carbocycles. The van der Waals surface area contributed by atoms with Gasteiger partial charge in [0.2, 0.25) is 0 Å². The van der Waals surface area contributed by atoms with Crippen molar-refractivity contribution in [2.45, 2.75) is 76.3 Å². The van der Waals surface area contributed by atoms with Crippen molar-refractivity contribution in [3.05, 3.63) is 0 Å². The van der Waals surface area contributed by atoms with E-state index < -0.39 is 9.93 Å². The van der Waals surface area contributed by atoms with Crippen LogP contribution >= 0.6 is 77.4 Å². The maximum absolute atomic E-state index is 6.83. The molecule has 0 amide bonds. The van der Waals surface area contributed by atoms with E-state index in [0.717, 1.165) is 51.4 Å². The van der Waals surface area contributed by atoms with E-state index in [1.54, 1.807) is 8.88 Å². The average molecular weight is 469 g/mol. The summed E-state index contributed by atoms with van der Waals surface area (Å²) in [5.41, 5.74) is 0. The van der Waals surface area contributed by atoms with Gasteiger partial charge in [-0.25, -0.2) is 0 Å². The maximum atomic E-state index is 6.83. The van der Waals surface area contributed by atoms with E-state index in [-0.39, 0.29) is 12.1 Å². The second kappa shape index (κ2) is 6.02. The van der Waals surface area contributed by atoms with Gasteiger partial charge in [-0.15, -0.1) is 0 Å².